The highest BCUT2D eigenvalue weighted by Crippen LogP contribution is 2.30. The Hall–Kier alpha value is -2.25. The number of likely N-dealkylation sites (tertiary alicyclic amines) is 1. The molecule has 0 bridgehead atoms. The van der Waals surface area contributed by atoms with Gasteiger partial charge in [0.15, 0.2) is 0 Å². The van der Waals surface area contributed by atoms with Gasteiger partial charge >= 0.3 is 0 Å². The monoisotopic (exact) mass is 385 g/mol. The second-order valence-corrected chi connectivity index (χ2v) is 8.02. The van der Waals surface area contributed by atoms with Crippen molar-refractivity contribution in [2.24, 2.45) is 0 Å². The van der Waals surface area contributed by atoms with Gasteiger partial charge in [0, 0.05) is 25.1 Å². The van der Waals surface area contributed by atoms with E-state index in [1.807, 2.05) is 12.1 Å². The largest absolute Gasteiger partial charge is 0.388 e. The van der Waals surface area contributed by atoms with Gasteiger partial charge in [0.25, 0.3) is 5.91 Å². The average molecular weight is 385 g/mol. The molecule has 0 spiro atoms. The highest BCUT2D eigenvalue weighted by atomic mass is 16.3. The van der Waals surface area contributed by atoms with Crippen molar-refractivity contribution < 1.29 is 19.5 Å². The molecule has 3 heterocycles. The minimum Gasteiger partial charge on any atom is -0.388 e. The Morgan fingerprint density at radius 1 is 1.14 bits per heavy atom. The van der Waals surface area contributed by atoms with Gasteiger partial charge in [-0.25, -0.2) is 0 Å². The van der Waals surface area contributed by atoms with E-state index in [9.17, 15) is 19.5 Å². The van der Waals surface area contributed by atoms with Crippen LogP contribution in [0.25, 0.3) is 0 Å². The third-order valence-electron chi connectivity index (χ3n) is 6.10. The first-order valence-corrected chi connectivity index (χ1v) is 10.2. The molecule has 0 radical (unpaired) electrons. The van der Waals surface area contributed by atoms with E-state index in [-0.39, 0.29) is 18.2 Å². The quantitative estimate of drug-likeness (QED) is 0.747. The Morgan fingerprint density at radius 3 is 2.68 bits per heavy atom. The van der Waals surface area contributed by atoms with Gasteiger partial charge in [-0.05, 0) is 56.0 Å². The number of hydrogen-bond donors (Lipinski definition) is 2. The molecule has 0 aliphatic carbocycles. The lowest BCUT2D eigenvalue weighted by atomic mass is 10.0. The maximum atomic E-state index is 12.7. The van der Waals surface area contributed by atoms with Crippen LogP contribution in [-0.2, 0) is 16.1 Å². The van der Waals surface area contributed by atoms with Crippen molar-refractivity contribution in [2.75, 3.05) is 19.6 Å². The van der Waals surface area contributed by atoms with E-state index >= 15 is 0 Å². The number of nitrogens with one attached hydrogen (secondary N) is 1. The lowest BCUT2D eigenvalue weighted by Crippen LogP contribution is -2.52. The van der Waals surface area contributed by atoms with Gasteiger partial charge < -0.3 is 14.9 Å². The van der Waals surface area contributed by atoms with Crippen molar-refractivity contribution in [3.8, 4) is 0 Å². The molecule has 1 aromatic carbocycles. The molecule has 0 unspecified atom stereocenters. The first-order chi connectivity index (χ1) is 13.5. The van der Waals surface area contributed by atoms with Crippen LogP contribution in [0.5, 0.6) is 0 Å². The first-order valence-electron chi connectivity index (χ1n) is 10.2. The fraction of sp³-hybridized carbons (Fsp3) is 0.571. The van der Waals surface area contributed by atoms with Crippen LogP contribution in [-0.4, -0.2) is 58.3 Å². The Bertz CT molecular complexity index is 788. The van der Waals surface area contributed by atoms with E-state index in [2.05, 4.69) is 10.2 Å². The van der Waals surface area contributed by atoms with Crippen LogP contribution in [0, 0.1) is 0 Å². The van der Waals surface area contributed by atoms with Crippen LogP contribution in [0.3, 0.4) is 0 Å². The Kier molecular flexibility index (Phi) is 5.46. The molecule has 7 nitrogen and oxygen atoms in total. The number of benzene rings is 1. The van der Waals surface area contributed by atoms with Gasteiger partial charge in [0.05, 0.1) is 6.10 Å². The normalized spacial score (nSPS) is 24.2. The van der Waals surface area contributed by atoms with Gasteiger partial charge in [0.1, 0.15) is 6.04 Å². The number of carbonyl (C=O) groups excluding carboxylic acids is 3. The highest BCUT2D eigenvalue weighted by Gasteiger charge is 2.39. The third kappa shape index (κ3) is 3.82. The minimum absolute atomic E-state index is 0.182. The van der Waals surface area contributed by atoms with Gasteiger partial charge in [0.2, 0.25) is 11.8 Å². The summed E-state index contributed by atoms with van der Waals surface area (Å²) in [6.07, 6.45) is 4.46. The highest BCUT2D eigenvalue weighted by molar-refractivity contribution is 6.05. The molecule has 4 rings (SSSR count). The number of imide groups is 1. The van der Waals surface area contributed by atoms with Crippen LogP contribution in [0.2, 0.25) is 0 Å². The molecule has 2 saturated heterocycles. The van der Waals surface area contributed by atoms with Crippen LogP contribution in [0.4, 0.5) is 0 Å². The predicted octanol–water partition coefficient (Wildman–Crippen LogP) is 1.36. The van der Waals surface area contributed by atoms with E-state index in [0.717, 1.165) is 30.8 Å². The summed E-state index contributed by atoms with van der Waals surface area (Å²) in [5.41, 5.74) is 2.23. The van der Waals surface area contributed by atoms with Gasteiger partial charge in [-0.2, -0.15) is 0 Å². The molecule has 0 aromatic heterocycles. The number of fused-ring (bicyclic) bond motifs is 1. The number of hydrogen-bond acceptors (Lipinski definition) is 5. The molecule has 28 heavy (non-hydrogen) atoms. The third-order valence-corrected chi connectivity index (χ3v) is 6.10. The number of piperidine rings is 2. The van der Waals surface area contributed by atoms with E-state index in [4.69, 9.17) is 0 Å². The number of aliphatic hydroxyl groups is 1. The molecule has 2 fully saturated rings. The Morgan fingerprint density at radius 2 is 1.93 bits per heavy atom. The summed E-state index contributed by atoms with van der Waals surface area (Å²) < 4.78 is 0. The zero-order valence-electron chi connectivity index (χ0n) is 16.0. The van der Waals surface area contributed by atoms with Gasteiger partial charge in [-0.3, -0.25) is 19.7 Å². The van der Waals surface area contributed by atoms with Crippen LogP contribution in [0.1, 0.15) is 66.1 Å². The molecule has 7 heteroatoms. The van der Waals surface area contributed by atoms with Crippen molar-refractivity contribution >= 4 is 17.7 Å². The molecule has 2 atom stereocenters. The lowest BCUT2D eigenvalue weighted by Gasteiger charge is -2.29. The zero-order valence-corrected chi connectivity index (χ0v) is 16.0. The van der Waals surface area contributed by atoms with Crippen LogP contribution in [0.15, 0.2) is 18.2 Å². The summed E-state index contributed by atoms with van der Waals surface area (Å²) in [5, 5.41) is 12.9. The fourth-order valence-corrected chi connectivity index (χ4v) is 4.46. The average Bonchev–Trinajstić information content (AvgIpc) is 3.02. The van der Waals surface area contributed by atoms with Crippen molar-refractivity contribution in [3.63, 3.8) is 0 Å². The first kappa shape index (κ1) is 19.1. The number of aliphatic hydroxyl groups excluding tert-OH is 1. The summed E-state index contributed by atoms with van der Waals surface area (Å²) in [6.45, 7) is 3.42. The van der Waals surface area contributed by atoms with Gasteiger partial charge in [-0.15, -0.1) is 0 Å². The summed E-state index contributed by atoms with van der Waals surface area (Å²) in [4.78, 5) is 40.2. The van der Waals surface area contributed by atoms with E-state index < -0.39 is 18.1 Å². The molecular formula is C21H27N3O4. The Balaban J connectivity index is 1.41. The fourth-order valence-electron chi connectivity index (χ4n) is 4.46. The van der Waals surface area contributed by atoms with E-state index in [1.165, 1.54) is 24.2 Å². The summed E-state index contributed by atoms with van der Waals surface area (Å²) in [6, 6.07) is 4.85. The molecule has 3 aliphatic heterocycles. The van der Waals surface area contributed by atoms with Crippen LogP contribution >= 0.6 is 0 Å². The minimum atomic E-state index is -0.606. The van der Waals surface area contributed by atoms with Crippen molar-refractivity contribution in [1.29, 1.82) is 0 Å². The maximum absolute atomic E-state index is 12.7. The molecule has 3 amide bonds. The van der Waals surface area contributed by atoms with Gasteiger partial charge in [-0.1, -0.05) is 18.6 Å². The smallest absolute Gasteiger partial charge is 0.255 e. The lowest BCUT2D eigenvalue weighted by molar-refractivity contribution is -0.136. The second kappa shape index (κ2) is 8.01. The SMILES string of the molecule is O=C1CC[C@@H](N2Cc3cc([C@H](O)CCN4CCCCC4)ccc3C2=O)C(=O)N1. The summed E-state index contributed by atoms with van der Waals surface area (Å²) in [7, 11) is 0. The molecule has 150 valence electrons. The van der Waals surface area contributed by atoms with Crippen LogP contribution < -0.4 is 5.32 Å². The molecule has 0 saturated carbocycles. The van der Waals surface area contributed by atoms with E-state index in [0.29, 0.717) is 24.9 Å². The van der Waals surface area contributed by atoms with E-state index in [1.54, 1.807) is 6.07 Å². The molecule has 3 aliphatic rings. The summed E-state index contributed by atoms with van der Waals surface area (Å²) in [5.74, 6) is -0.873. The standard InChI is InChI=1S/C21H27N3O4/c25-18(8-11-23-9-2-1-3-10-23)14-4-5-16-15(12-14)13-24(21(16)28)17-6-7-19(26)22-20(17)27/h4-5,12,17-18,25H,1-3,6-11,13H2,(H,22,26,27)/t17-,18-/m1/s1. The second-order valence-electron chi connectivity index (χ2n) is 8.02. The molecular weight excluding hydrogens is 358 g/mol. The number of carbonyl (C=O) groups is 3. The van der Waals surface area contributed by atoms with Crippen molar-refractivity contribution in [1.82, 2.24) is 15.1 Å². The van der Waals surface area contributed by atoms with Crippen molar-refractivity contribution in [2.45, 2.75) is 57.2 Å². The predicted molar refractivity (Wildman–Crippen MR) is 102 cm³/mol. The Labute approximate surface area is 164 Å². The zero-order chi connectivity index (χ0) is 19.7. The summed E-state index contributed by atoms with van der Waals surface area (Å²) >= 11 is 0. The molecule has 2 N–H and O–H groups in total. The number of rotatable bonds is 5. The topological polar surface area (TPSA) is 90.0 Å². The maximum Gasteiger partial charge on any atom is 0.255 e. The number of amides is 3. The van der Waals surface area contributed by atoms with Crippen molar-refractivity contribution in [3.05, 3.63) is 34.9 Å². The molecule has 1 aromatic rings. The number of nitrogens with zero attached hydrogens (tertiary/aromatic N) is 2.